The fourth-order valence-corrected chi connectivity index (χ4v) is 3.60. The van der Waals surface area contributed by atoms with Gasteiger partial charge in [-0.15, -0.1) is 0 Å². The Morgan fingerprint density at radius 2 is 2.17 bits per heavy atom. The summed E-state index contributed by atoms with van der Waals surface area (Å²) >= 11 is 0. The summed E-state index contributed by atoms with van der Waals surface area (Å²) < 4.78 is 5.32. The molecule has 1 saturated carbocycles. The summed E-state index contributed by atoms with van der Waals surface area (Å²) in [5.41, 5.74) is 0.429. The number of pyridine rings is 1. The average molecular weight is 331 g/mol. The molecule has 1 unspecified atom stereocenters. The first-order valence-electron chi connectivity index (χ1n) is 9.12. The number of carbonyl (C=O) groups excluding carboxylic acids is 1. The zero-order chi connectivity index (χ0) is 17.1. The molecule has 1 amide bonds. The van der Waals surface area contributed by atoms with E-state index in [1.54, 1.807) is 25.4 Å². The molecule has 24 heavy (non-hydrogen) atoms. The molecular weight excluding hydrogens is 302 g/mol. The highest BCUT2D eigenvalue weighted by Gasteiger charge is 2.34. The molecule has 1 aromatic rings. The molecule has 1 atom stereocenters. The van der Waals surface area contributed by atoms with E-state index in [4.69, 9.17) is 4.74 Å². The van der Waals surface area contributed by atoms with Crippen LogP contribution in [0.3, 0.4) is 0 Å². The lowest BCUT2D eigenvalue weighted by atomic mass is 10.0. The van der Waals surface area contributed by atoms with Gasteiger partial charge >= 0.3 is 0 Å². The van der Waals surface area contributed by atoms with E-state index in [0.717, 1.165) is 32.0 Å². The molecule has 2 fully saturated rings. The van der Waals surface area contributed by atoms with Crippen molar-refractivity contribution in [3.63, 3.8) is 0 Å². The lowest BCUT2D eigenvalue weighted by Gasteiger charge is -2.34. The first-order valence-corrected chi connectivity index (χ1v) is 9.12. The number of rotatable bonds is 5. The summed E-state index contributed by atoms with van der Waals surface area (Å²) in [5, 5.41) is 0. The van der Waals surface area contributed by atoms with Crippen molar-refractivity contribution < 1.29 is 9.53 Å². The summed E-state index contributed by atoms with van der Waals surface area (Å²) in [5.74, 6) is 1.96. The van der Waals surface area contributed by atoms with E-state index >= 15 is 0 Å². The normalized spacial score (nSPS) is 22.5. The summed E-state index contributed by atoms with van der Waals surface area (Å²) in [6, 6.07) is 4.02. The summed E-state index contributed by atoms with van der Waals surface area (Å²) in [6.07, 6.45) is 5.42. The number of nitrogens with zero attached hydrogens (tertiary/aromatic N) is 3. The molecule has 5 heteroatoms. The van der Waals surface area contributed by atoms with Gasteiger partial charge in [-0.25, -0.2) is 4.98 Å². The number of methoxy groups -OCH3 is 1. The van der Waals surface area contributed by atoms with Gasteiger partial charge in [-0.2, -0.15) is 0 Å². The number of amides is 1. The van der Waals surface area contributed by atoms with Crippen LogP contribution in [-0.4, -0.2) is 60.0 Å². The van der Waals surface area contributed by atoms with Crippen molar-refractivity contribution >= 4 is 5.91 Å². The number of hydrogen-bond donors (Lipinski definition) is 0. The predicted octanol–water partition coefficient (Wildman–Crippen LogP) is 2.67. The average Bonchev–Trinajstić information content (AvgIpc) is 3.41. The second-order valence-electron chi connectivity index (χ2n) is 7.41. The van der Waals surface area contributed by atoms with Crippen molar-refractivity contribution in [1.82, 2.24) is 14.8 Å². The number of carbonyl (C=O) groups is 1. The van der Waals surface area contributed by atoms with Crippen LogP contribution in [0.4, 0.5) is 0 Å². The molecule has 5 nitrogen and oxygen atoms in total. The topological polar surface area (TPSA) is 45.7 Å². The van der Waals surface area contributed by atoms with Crippen LogP contribution < -0.4 is 4.74 Å². The van der Waals surface area contributed by atoms with Gasteiger partial charge in [0.1, 0.15) is 5.75 Å². The molecule has 1 saturated heterocycles. The highest BCUT2D eigenvalue weighted by Crippen LogP contribution is 2.32. The summed E-state index contributed by atoms with van der Waals surface area (Å²) in [6.45, 7) is 8.38. The summed E-state index contributed by atoms with van der Waals surface area (Å²) in [4.78, 5) is 21.9. The standard InChI is InChI=1S/C19H29N3O2/c1-14(2)16-13-22(11-5-10-21(16)12-15-7-8-15)19(23)18-17(24-3)6-4-9-20-18/h4,6,9,14-16H,5,7-8,10-13H2,1-3H3. The lowest BCUT2D eigenvalue weighted by molar-refractivity contribution is 0.0695. The predicted molar refractivity (Wildman–Crippen MR) is 94.2 cm³/mol. The highest BCUT2D eigenvalue weighted by atomic mass is 16.5. The van der Waals surface area contributed by atoms with Gasteiger partial charge in [-0.3, -0.25) is 9.69 Å². The zero-order valence-electron chi connectivity index (χ0n) is 15.1. The Labute approximate surface area is 145 Å². The monoisotopic (exact) mass is 331 g/mol. The van der Waals surface area contributed by atoms with E-state index in [1.807, 2.05) is 4.90 Å². The molecule has 2 aliphatic rings. The molecule has 3 rings (SSSR count). The Hall–Kier alpha value is -1.62. The Balaban J connectivity index is 1.76. The van der Waals surface area contributed by atoms with Crippen LogP contribution in [0.1, 0.15) is 43.6 Å². The first kappa shape index (κ1) is 17.2. The van der Waals surface area contributed by atoms with Gasteiger partial charge < -0.3 is 9.64 Å². The SMILES string of the molecule is COc1cccnc1C(=O)N1CCCN(CC2CC2)C(C(C)C)C1. The van der Waals surface area contributed by atoms with E-state index in [1.165, 1.54) is 19.4 Å². The van der Waals surface area contributed by atoms with Crippen molar-refractivity contribution in [2.45, 2.75) is 39.2 Å². The van der Waals surface area contributed by atoms with Gasteiger partial charge in [0.2, 0.25) is 0 Å². The molecule has 0 spiro atoms. The minimum atomic E-state index is -0.00799. The van der Waals surface area contributed by atoms with Crippen LogP contribution in [-0.2, 0) is 0 Å². The maximum atomic E-state index is 13.0. The van der Waals surface area contributed by atoms with E-state index in [2.05, 4.69) is 23.7 Å². The van der Waals surface area contributed by atoms with Crippen molar-refractivity contribution in [3.05, 3.63) is 24.0 Å². The molecule has 2 heterocycles. The maximum Gasteiger partial charge on any atom is 0.276 e. The Bertz CT molecular complexity index is 571. The molecule has 132 valence electrons. The quantitative estimate of drug-likeness (QED) is 0.832. The fourth-order valence-electron chi connectivity index (χ4n) is 3.60. The van der Waals surface area contributed by atoms with Crippen LogP contribution in [0.2, 0.25) is 0 Å². The molecule has 0 radical (unpaired) electrons. The molecule has 0 aromatic carbocycles. The molecule has 1 aliphatic carbocycles. The second kappa shape index (κ2) is 7.51. The van der Waals surface area contributed by atoms with Crippen molar-refractivity contribution in [1.29, 1.82) is 0 Å². The summed E-state index contributed by atoms with van der Waals surface area (Å²) in [7, 11) is 1.59. The minimum Gasteiger partial charge on any atom is -0.494 e. The Morgan fingerprint density at radius 3 is 2.83 bits per heavy atom. The van der Waals surface area contributed by atoms with Crippen molar-refractivity contribution in [2.75, 3.05) is 33.3 Å². The van der Waals surface area contributed by atoms with Crippen LogP contribution >= 0.6 is 0 Å². The highest BCUT2D eigenvalue weighted by molar-refractivity contribution is 5.95. The lowest BCUT2D eigenvalue weighted by Crippen LogP contribution is -2.46. The Kier molecular flexibility index (Phi) is 5.39. The van der Waals surface area contributed by atoms with E-state index in [-0.39, 0.29) is 5.91 Å². The minimum absolute atomic E-state index is 0.00799. The first-order chi connectivity index (χ1) is 11.6. The van der Waals surface area contributed by atoms with E-state index < -0.39 is 0 Å². The third-order valence-corrected chi connectivity index (χ3v) is 5.19. The molecule has 1 aromatic heterocycles. The van der Waals surface area contributed by atoms with E-state index in [0.29, 0.717) is 23.4 Å². The van der Waals surface area contributed by atoms with Crippen LogP contribution in [0.5, 0.6) is 5.75 Å². The number of hydrogen-bond acceptors (Lipinski definition) is 4. The van der Waals surface area contributed by atoms with Crippen molar-refractivity contribution in [3.8, 4) is 5.75 Å². The third-order valence-electron chi connectivity index (χ3n) is 5.19. The van der Waals surface area contributed by atoms with Gasteiger partial charge in [-0.1, -0.05) is 13.8 Å². The van der Waals surface area contributed by atoms with Crippen LogP contribution in [0.25, 0.3) is 0 Å². The molecular formula is C19H29N3O2. The number of ether oxygens (including phenoxy) is 1. The zero-order valence-corrected chi connectivity index (χ0v) is 15.1. The van der Waals surface area contributed by atoms with Gasteiger partial charge in [0.05, 0.1) is 7.11 Å². The second-order valence-corrected chi connectivity index (χ2v) is 7.41. The van der Waals surface area contributed by atoms with Crippen LogP contribution in [0, 0.1) is 11.8 Å². The third kappa shape index (κ3) is 3.89. The van der Waals surface area contributed by atoms with Gasteiger partial charge in [0.15, 0.2) is 5.69 Å². The van der Waals surface area contributed by atoms with E-state index in [9.17, 15) is 4.79 Å². The fraction of sp³-hybridized carbons (Fsp3) is 0.684. The number of aromatic nitrogens is 1. The Morgan fingerprint density at radius 1 is 1.38 bits per heavy atom. The maximum absolute atomic E-state index is 13.0. The molecule has 0 N–H and O–H groups in total. The van der Waals surface area contributed by atoms with Gasteiger partial charge in [0.25, 0.3) is 5.91 Å². The van der Waals surface area contributed by atoms with Crippen LogP contribution in [0.15, 0.2) is 18.3 Å². The van der Waals surface area contributed by atoms with Crippen molar-refractivity contribution in [2.24, 2.45) is 11.8 Å². The molecule has 1 aliphatic heterocycles. The largest absolute Gasteiger partial charge is 0.494 e. The van der Waals surface area contributed by atoms with Gasteiger partial charge in [-0.05, 0) is 43.2 Å². The smallest absolute Gasteiger partial charge is 0.276 e. The van der Waals surface area contributed by atoms with Gasteiger partial charge in [0, 0.05) is 38.4 Å². The molecule has 0 bridgehead atoms.